The molecule has 0 spiro atoms. The lowest BCUT2D eigenvalue weighted by molar-refractivity contribution is -0.137. The van der Waals surface area contributed by atoms with E-state index in [4.69, 9.17) is 114 Å². The maximum absolute atomic E-state index is 13.9. The van der Waals surface area contributed by atoms with E-state index in [0.717, 1.165) is 4.90 Å². The molecule has 7 N–H and O–H groups in total. The first-order valence-electron chi connectivity index (χ1n) is 47.0. The second-order valence-corrected chi connectivity index (χ2v) is 30.1. The van der Waals surface area contributed by atoms with Crippen LogP contribution in [0.4, 0.5) is 0 Å². The second kappa shape index (κ2) is 95.8. The largest absolute Gasteiger partial charge is 0.385 e. The van der Waals surface area contributed by atoms with Crippen LogP contribution in [-0.4, -0.2) is 451 Å². The van der Waals surface area contributed by atoms with Gasteiger partial charge in [0.1, 0.15) is 28.7 Å². The predicted octanol–water partition coefficient (Wildman–Crippen LogP) is -0.560. The summed E-state index contributed by atoms with van der Waals surface area (Å²) in [5, 5.41) is 19.4. The van der Waals surface area contributed by atoms with Gasteiger partial charge in [-0.15, -0.1) is 0 Å². The summed E-state index contributed by atoms with van der Waals surface area (Å²) in [6, 6.07) is 0. The molecule has 0 aromatic rings. The highest BCUT2D eigenvalue weighted by Crippen LogP contribution is 2.13. The zero-order chi connectivity index (χ0) is 98.1. The average Bonchev–Trinajstić information content (AvgIpc) is 1.82. The van der Waals surface area contributed by atoms with Gasteiger partial charge in [0.05, 0.1) is 271 Å². The van der Waals surface area contributed by atoms with E-state index in [-0.39, 0.29) is 320 Å². The molecule has 0 bridgehead atoms. The highest BCUT2D eigenvalue weighted by atomic mass is 16.6. The summed E-state index contributed by atoms with van der Waals surface area (Å²) in [5.74, 6) is -2.97. The minimum absolute atomic E-state index is 0.0190. The zero-order valence-corrected chi connectivity index (χ0v) is 80.4. The third kappa shape index (κ3) is 86.9. The van der Waals surface area contributed by atoms with Crippen molar-refractivity contribution in [2.45, 2.75) is 128 Å². The lowest BCUT2D eigenvalue weighted by Gasteiger charge is -2.34. The number of carbonyl (C=O) groups is 13. The van der Waals surface area contributed by atoms with E-state index in [1.807, 2.05) is 0 Å². The van der Waals surface area contributed by atoms with Crippen molar-refractivity contribution in [2.24, 2.45) is 0 Å². The van der Waals surface area contributed by atoms with Crippen LogP contribution >= 0.6 is 0 Å². The molecular weight excluding hydrogens is 1790 g/mol. The first-order valence-corrected chi connectivity index (χ1v) is 47.0. The van der Waals surface area contributed by atoms with E-state index in [9.17, 15) is 62.3 Å². The molecule has 9 amide bonds. The van der Waals surface area contributed by atoms with Crippen molar-refractivity contribution in [3.05, 3.63) is 12.2 Å². The van der Waals surface area contributed by atoms with Gasteiger partial charge in [-0.25, -0.2) is 0 Å². The number of hydrogen-bond donors (Lipinski definition) is 7. The third-order valence-corrected chi connectivity index (χ3v) is 18.6. The summed E-state index contributed by atoms with van der Waals surface area (Å²) in [5.41, 5.74) is -1.46. The Balaban J connectivity index is 2.60. The van der Waals surface area contributed by atoms with Crippen molar-refractivity contribution in [1.82, 2.24) is 42.1 Å². The highest BCUT2D eigenvalue weighted by molar-refractivity contribution is 6.13. The molecule has 45 heteroatoms. The number of ether oxygens (including phenoxy) is 24. The second-order valence-electron chi connectivity index (χ2n) is 30.1. The Morgan fingerprint density at radius 3 is 0.637 bits per heavy atom. The van der Waals surface area contributed by atoms with E-state index >= 15 is 0 Å². The maximum atomic E-state index is 13.9. The molecular formula is C90H160N8O37. The third-order valence-electron chi connectivity index (χ3n) is 18.6. The summed E-state index contributed by atoms with van der Waals surface area (Å²) in [4.78, 5) is 162. The first-order chi connectivity index (χ1) is 65.9. The highest BCUT2D eigenvalue weighted by Gasteiger charge is 2.34. The van der Waals surface area contributed by atoms with E-state index in [0.29, 0.717) is 203 Å². The van der Waals surface area contributed by atoms with Crippen molar-refractivity contribution in [3.8, 4) is 0 Å². The van der Waals surface area contributed by atoms with E-state index < -0.39 is 23.3 Å². The number of carbonyl (C=O) groups excluding carboxylic acids is 13. The van der Waals surface area contributed by atoms with Crippen molar-refractivity contribution in [1.29, 1.82) is 0 Å². The molecule has 1 heterocycles. The van der Waals surface area contributed by atoms with Crippen LogP contribution in [0.2, 0.25) is 0 Å². The van der Waals surface area contributed by atoms with Gasteiger partial charge in [-0.2, -0.15) is 0 Å². The van der Waals surface area contributed by atoms with Crippen LogP contribution in [0.15, 0.2) is 12.2 Å². The van der Waals surface area contributed by atoms with Gasteiger partial charge in [0, 0.05) is 202 Å². The quantitative estimate of drug-likeness (QED) is 0.0296. The number of Topliss-reactive ketones (excluding diaryl/α,β-unsaturated/α-hetero) is 4. The molecule has 0 aromatic carbocycles. The Hall–Kier alpha value is -7.11. The molecule has 0 aromatic heterocycles. The topological polar surface area (TPSA) is 531 Å². The minimum atomic E-state index is -1.46. The fourth-order valence-corrected chi connectivity index (χ4v) is 11.3. The molecule has 0 saturated heterocycles. The molecule has 1 aliphatic heterocycles. The molecule has 0 saturated carbocycles. The summed E-state index contributed by atoms with van der Waals surface area (Å²) >= 11 is 0. The molecule has 0 radical (unpaired) electrons. The number of imide groups is 1. The lowest BCUT2D eigenvalue weighted by atomic mass is 10.0. The maximum Gasteiger partial charge on any atom is 0.253 e. The molecule has 0 aliphatic carbocycles. The Morgan fingerprint density at radius 1 is 0.215 bits per heavy atom. The monoisotopic (exact) mass is 1950 g/mol. The van der Waals surface area contributed by atoms with Crippen molar-refractivity contribution >= 4 is 76.3 Å². The van der Waals surface area contributed by atoms with Crippen LogP contribution in [0, 0.1) is 0 Å². The van der Waals surface area contributed by atoms with Crippen molar-refractivity contribution in [3.63, 3.8) is 0 Å². The minimum Gasteiger partial charge on any atom is -0.385 e. The summed E-state index contributed by atoms with van der Waals surface area (Å²) in [6.07, 6.45) is 7.22. The SMILES string of the molecule is COCCCC(=O)CCOCCNC(=O)CCOCCNC(=O)CCOCC(COCCC(=O)NCCOCCC(=O)NCCOCCC(=O)CCCOC)(COCCC(=O)NCCOCCC(=O)NCCOCCC(=O)CCCOC)NC(=O)CCOCCOCCOCCOCCOCCOCCOCCOCCOCCOCCOCCOCCCC(=O)CCN1C(=O)C=CC1=O. The smallest absolute Gasteiger partial charge is 0.253 e. The van der Waals surface area contributed by atoms with Gasteiger partial charge >= 0.3 is 0 Å². The van der Waals surface area contributed by atoms with Gasteiger partial charge in [0.25, 0.3) is 11.8 Å². The fourth-order valence-electron chi connectivity index (χ4n) is 11.3. The lowest BCUT2D eigenvalue weighted by Crippen LogP contribution is -2.59. The Labute approximate surface area is 795 Å². The van der Waals surface area contributed by atoms with Crippen LogP contribution in [0.25, 0.3) is 0 Å². The summed E-state index contributed by atoms with van der Waals surface area (Å²) < 4.78 is 133. The number of nitrogens with one attached hydrogen (secondary N) is 7. The van der Waals surface area contributed by atoms with Crippen molar-refractivity contribution in [2.75, 3.05) is 364 Å². The Kier molecular flexibility index (Phi) is 89.3. The van der Waals surface area contributed by atoms with E-state index in [1.54, 1.807) is 21.3 Å². The van der Waals surface area contributed by atoms with Gasteiger partial charge in [0.15, 0.2) is 0 Å². The standard InChI is InChI=1S/C90H160N8O37/c1-112-32-4-8-78(100)15-36-116-46-25-91-81(103)18-39-119-49-28-94-84(106)21-43-133-74-90(75-134-44-22-85(107)95-29-50-120-40-19-82(104)92-26-47-117-37-16-79(101)9-5-33-113-2,76-135-45-23-86(108)96-30-51-121-41-20-83(105)93-27-48-118-38-17-80(102)10-6-34-114-3)97-87(109)24-42-122-53-55-124-57-59-126-61-63-128-65-67-130-69-71-132-73-72-131-70-68-129-66-64-127-62-60-125-58-56-123-54-52-115-35-7-11-77(99)14-31-98-88(110)12-13-89(98)111/h12-13H,4-11,14-76H2,1-3H3,(H,91,103)(H,92,104)(H,93,105)(H,94,106)(H,95,107)(H,96,108)(H,97,109). The van der Waals surface area contributed by atoms with Crippen LogP contribution in [-0.2, 0) is 176 Å². The van der Waals surface area contributed by atoms with E-state index in [2.05, 4.69) is 37.2 Å². The first kappa shape index (κ1) is 126. The molecule has 45 nitrogen and oxygen atoms in total. The Bertz CT molecular complexity index is 2840. The number of hydrogen-bond acceptors (Lipinski definition) is 37. The zero-order valence-electron chi connectivity index (χ0n) is 80.4. The van der Waals surface area contributed by atoms with Crippen LogP contribution < -0.4 is 37.2 Å². The molecule has 135 heavy (non-hydrogen) atoms. The molecule has 1 aliphatic rings. The van der Waals surface area contributed by atoms with Crippen molar-refractivity contribution < 1.29 is 176 Å². The average molecular weight is 1950 g/mol. The number of rotatable bonds is 107. The van der Waals surface area contributed by atoms with Gasteiger partial charge in [-0.05, 0) is 25.7 Å². The summed E-state index contributed by atoms with van der Waals surface area (Å²) in [6.45, 7) is 12.2. The summed E-state index contributed by atoms with van der Waals surface area (Å²) in [7, 11) is 4.74. The molecule has 782 valence electrons. The number of methoxy groups -OCH3 is 3. The number of amides is 9. The van der Waals surface area contributed by atoms with Gasteiger partial charge < -0.3 is 151 Å². The van der Waals surface area contributed by atoms with Gasteiger partial charge in [0.2, 0.25) is 41.4 Å². The van der Waals surface area contributed by atoms with E-state index in [1.165, 1.54) is 12.2 Å². The molecule has 1 rings (SSSR count). The Morgan fingerprint density at radius 2 is 0.400 bits per heavy atom. The van der Waals surface area contributed by atoms with Gasteiger partial charge in [-0.3, -0.25) is 67.2 Å². The van der Waals surface area contributed by atoms with Crippen LogP contribution in [0.5, 0.6) is 0 Å². The van der Waals surface area contributed by atoms with Crippen LogP contribution in [0.1, 0.15) is 122 Å². The van der Waals surface area contributed by atoms with Gasteiger partial charge in [-0.1, -0.05) is 0 Å². The molecule has 0 fully saturated rings. The molecule has 0 atom stereocenters. The van der Waals surface area contributed by atoms with Crippen LogP contribution in [0.3, 0.4) is 0 Å². The predicted molar refractivity (Wildman–Crippen MR) is 485 cm³/mol. The normalized spacial score (nSPS) is 12.0. The number of nitrogens with zero attached hydrogens (tertiary/aromatic N) is 1. The molecule has 0 unspecified atom stereocenters. The fraction of sp³-hybridized carbons (Fsp3) is 0.833. The number of ketones is 4.